The van der Waals surface area contributed by atoms with Crippen LogP contribution in [0.2, 0.25) is 0 Å². The van der Waals surface area contributed by atoms with Gasteiger partial charge in [-0.3, -0.25) is 4.79 Å². The van der Waals surface area contributed by atoms with Gasteiger partial charge in [-0.25, -0.2) is 4.98 Å². The van der Waals surface area contributed by atoms with Gasteiger partial charge in [0.2, 0.25) is 0 Å². The van der Waals surface area contributed by atoms with Crippen LogP contribution in [0.3, 0.4) is 0 Å². The summed E-state index contributed by atoms with van der Waals surface area (Å²) in [7, 11) is 0. The summed E-state index contributed by atoms with van der Waals surface area (Å²) in [6.07, 6.45) is -0.425. The minimum atomic E-state index is -0.578. The van der Waals surface area contributed by atoms with E-state index < -0.39 is 17.1 Å². The van der Waals surface area contributed by atoms with E-state index >= 15 is 0 Å². The number of aromatic nitrogens is 1. The predicted molar refractivity (Wildman–Crippen MR) is 137 cm³/mol. The average Bonchev–Trinajstić information content (AvgIpc) is 3.12. The van der Waals surface area contributed by atoms with Crippen LogP contribution in [0.5, 0.6) is 5.19 Å². The van der Waals surface area contributed by atoms with Gasteiger partial charge >= 0.3 is 5.97 Å². The molecule has 0 saturated heterocycles. The first-order valence-electron chi connectivity index (χ1n) is 11.0. The Kier molecular flexibility index (Phi) is 7.87. The van der Waals surface area contributed by atoms with Crippen molar-refractivity contribution in [2.45, 2.75) is 66.8 Å². The van der Waals surface area contributed by atoms with Gasteiger partial charge in [-0.2, -0.15) is 0 Å². The molecular formula is C26H32BrNO4S. The van der Waals surface area contributed by atoms with Crippen molar-refractivity contribution in [2.24, 2.45) is 5.41 Å². The molecule has 1 heterocycles. The van der Waals surface area contributed by atoms with E-state index in [4.69, 9.17) is 14.2 Å². The quantitative estimate of drug-likeness (QED) is 0.296. The van der Waals surface area contributed by atoms with Crippen LogP contribution in [0.25, 0.3) is 10.2 Å². The van der Waals surface area contributed by atoms with E-state index in [1.807, 2.05) is 84.9 Å². The molecule has 0 aliphatic rings. The van der Waals surface area contributed by atoms with Crippen molar-refractivity contribution in [1.29, 1.82) is 0 Å². The summed E-state index contributed by atoms with van der Waals surface area (Å²) < 4.78 is 19.8. The highest BCUT2D eigenvalue weighted by Crippen LogP contribution is 2.41. The van der Waals surface area contributed by atoms with Crippen molar-refractivity contribution < 1.29 is 19.0 Å². The number of esters is 1. The lowest BCUT2D eigenvalue weighted by atomic mass is 9.97. The zero-order valence-electron chi connectivity index (χ0n) is 20.3. The lowest BCUT2D eigenvalue weighted by Gasteiger charge is -2.30. The highest BCUT2D eigenvalue weighted by Gasteiger charge is 2.30. The van der Waals surface area contributed by atoms with Gasteiger partial charge in [0.15, 0.2) is 0 Å². The first-order chi connectivity index (χ1) is 15.3. The summed E-state index contributed by atoms with van der Waals surface area (Å²) in [5, 5.41) is 0.610. The minimum Gasteiger partial charge on any atom is -0.465 e. The van der Waals surface area contributed by atoms with E-state index in [0.29, 0.717) is 11.8 Å². The van der Waals surface area contributed by atoms with E-state index in [-0.39, 0.29) is 12.6 Å². The van der Waals surface area contributed by atoms with E-state index in [9.17, 15) is 4.79 Å². The lowest BCUT2D eigenvalue weighted by Crippen LogP contribution is -2.29. The summed E-state index contributed by atoms with van der Waals surface area (Å²) >= 11 is 5.28. The van der Waals surface area contributed by atoms with Crippen molar-refractivity contribution in [3.05, 3.63) is 57.6 Å². The van der Waals surface area contributed by atoms with Crippen LogP contribution in [0.4, 0.5) is 0 Å². The van der Waals surface area contributed by atoms with Gasteiger partial charge in [0.1, 0.15) is 19.3 Å². The maximum absolute atomic E-state index is 12.4. The van der Waals surface area contributed by atoms with Crippen LogP contribution in [-0.2, 0) is 20.9 Å². The maximum Gasteiger partial charge on any atom is 0.311 e. The zero-order chi connectivity index (χ0) is 24.4. The summed E-state index contributed by atoms with van der Waals surface area (Å²) in [6, 6.07) is 12.1. The molecular weight excluding hydrogens is 502 g/mol. The second kappa shape index (κ2) is 10.1. The number of carbonyl (C=O) groups is 1. The third-order valence-electron chi connectivity index (χ3n) is 4.85. The molecule has 33 heavy (non-hydrogen) atoms. The average molecular weight is 535 g/mol. The number of hydrogen-bond acceptors (Lipinski definition) is 6. The monoisotopic (exact) mass is 533 g/mol. The fourth-order valence-corrected chi connectivity index (χ4v) is 5.15. The van der Waals surface area contributed by atoms with Gasteiger partial charge in [-0.15, -0.1) is 0 Å². The maximum atomic E-state index is 12.4. The highest BCUT2D eigenvalue weighted by molar-refractivity contribution is 9.10. The van der Waals surface area contributed by atoms with Gasteiger partial charge in [0.05, 0.1) is 21.2 Å². The molecule has 0 fully saturated rings. The first kappa shape index (κ1) is 25.7. The Morgan fingerprint density at radius 2 is 1.79 bits per heavy atom. The largest absolute Gasteiger partial charge is 0.465 e. The second-order valence-corrected chi connectivity index (χ2v) is 11.8. The number of ether oxygens (including phenoxy) is 3. The fraction of sp³-hybridized carbons (Fsp3) is 0.462. The van der Waals surface area contributed by atoms with Gasteiger partial charge < -0.3 is 14.2 Å². The van der Waals surface area contributed by atoms with Crippen molar-refractivity contribution >= 4 is 43.5 Å². The Morgan fingerprint density at radius 1 is 1.12 bits per heavy atom. The Bertz CT molecular complexity index is 1110. The van der Waals surface area contributed by atoms with Gasteiger partial charge in [0.25, 0.3) is 5.19 Å². The van der Waals surface area contributed by atoms with Gasteiger partial charge in [0, 0.05) is 10.0 Å². The Labute approximate surface area is 208 Å². The summed E-state index contributed by atoms with van der Waals surface area (Å²) in [6.45, 7) is 14.1. The number of fused-ring (bicyclic) bond motifs is 1. The minimum absolute atomic E-state index is 0.133. The molecule has 0 aliphatic heterocycles. The van der Waals surface area contributed by atoms with E-state index in [2.05, 4.69) is 20.9 Å². The lowest BCUT2D eigenvalue weighted by molar-refractivity contribution is -0.162. The first-order valence-corrected chi connectivity index (χ1v) is 12.6. The normalized spacial score (nSPS) is 13.2. The Balaban J connectivity index is 1.91. The molecule has 1 aromatic heterocycles. The summed E-state index contributed by atoms with van der Waals surface area (Å²) in [5.74, 6) is -0.255. The van der Waals surface area contributed by atoms with E-state index in [1.165, 1.54) is 11.3 Å². The standard InChI is InChI=1S/C26H32BrNO4S/c1-16-13-18-22(33-24(28-18)31-14-17-11-9-8-10-12-17)21(27)20(16)19(32-26(5,6)7)15-30-23(29)25(2,3)4/h8-13,19H,14-15H2,1-7H3. The van der Waals surface area contributed by atoms with E-state index in [1.54, 1.807) is 0 Å². The molecule has 5 nitrogen and oxygen atoms in total. The number of hydrogen-bond donors (Lipinski definition) is 0. The molecule has 1 unspecified atom stereocenters. The number of halogens is 1. The van der Waals surface area contributed by atoms with Crippen molar-refractivity contribution in [3.8, 4) is 5.19 Å². The van der Waals surface area contributed by atoms with Crippen molar-refractivity contribution in [2.75, 3.05) is 6.61 Å². The fourth-order valence-electron chi connectivity index (χ4n) is 3.29. The molecule has 0 amide bonds. The van der Waals surface area contributed by atoms with Crippen molar-refractivity contribution in [1.82, 2.24) is 4.98 Å². The van der Waals surface area contributed by atoms with Crippen LogP contribution in [0, 0.1) is 12.3 Å². The van der Waals surface area contributed by atoms with Crippen LogP contribution >= 0.6 is 27.3 Å². The number of aryl methyl sites for hydroxylation is 1. The zero-order valence-corrected chi connectivity index (χ0v) is 22.7. The predicted octanol–water partition coefficient (Wildman–Crippen LogP) is 7.39. The number of rotatable bonds is 7. The molecule has 0 spiro atoms. The second-order valence-electron chi connectivity index (χ2n) is 10.1. The molecule has 3 aromatic rings. The molecule has 2 aromatic carbocycles. The van der Waals surface area contributed by atoms with Crippen molar-refractivity contribution in [3.63, 3.8) is 0 Å². The van der Waals surface area contributed by atoms with Crippen LogP contribution in [-0.4, -0.2) is 23.2 Å². The number of carbonyl (C=O) groups excluding carboxylic acids is 1. The van der Waals surface area contributed by atoms with Gasteiger partial charge in [-0.1, -0.05) is 41.7 Å². The molecule has 178 valence electrons. The molecule has 1 atom stereocenters. The number of benzene rings is 2. The Hall–Kier alpha value is -1.96. The molecule has 3 rings (SSSR count). The molecule has 7 heteroatoms. The topological polar surface area (TPSA) is 57.7 Å². The number of thiazole rings is 1. The highest BCUT2D eigenvalue weighted by atomic mass is 79.9. The molecule has 0 aliphatic carbocycles. The van der Waals surface area contributed by atoms with Crippen LogP contribution in [0.1, 0.15) is 64.3 Å². The molecule has 0 N–H and O–H groups in total. The summed E-state index contributed by atoms with van der Waals surface area (Å²) in [4.78, 5) is 17.1. The molecule has 0 saturated carbocycles. The molecule has 0 radical (unpaired) electrons. The SMILES string of the molecule is Cc1cc2nc(OCc3ccccc3)sc2c(Br)c1C(COC(=O)C(C)(C)C)OC(C)(C)C. The van der Waals surface area contributed by atoms with Crippen LogP contribution < -0.4 is 4.74 Å². The third kappa shape index (κ3) is 6.78. The summed E-state index contributed by atoms with van der Waals surface area (Å²) in [5.41, 5.74) is 2.92. The Morgan fingerprint density at radius 3 is 2.39 bits per heavy atom. The van der Waals surface area contributed by atoms with Gasteiger partial charge in [-0.05, 0) is 81.6 Å². The smallest absolute Gasteiger partial charge is 0.311 e. The number of nitrogens with zero attached hydrogens (tertiary/aromatic N) is 1. The molecule has 0 bridgehead atoms. The van der Waals surface area contributed by atoms with E-state index in [0.717, 1.165) is 31.4 Å². The van der Waals surface area contributed by atoms with Crippen LogP contribution in [0.15, 0.2) is 40.9 Å². The third-order valence-corrected chi connectivity index (χ3v) is 6.94.